The molecule has 0 aromatic carbocycles. The second kappa shape index (κ2) is 7.10. The van der Waals surface area contributed by atoms with E-state index in [9.17, 15) is 0 Å². The standard InChI is InChI=1S/C10H18N4O2/c11-9-2-3-12-10(13-9)8-14(5-7-16)4-1-6-15/h2-3,15-16H,1,4-8H2,(H2,11,12,13). The Morgan fingerprint density at radius 1 is 1.25 bits per heavy atom. The molecule has 0 amide bonds. The molecule has 0 bridgehead atoms. The zero-order valence-electron chi connectivity index (χ0n) is 9.21. The van der Waals surface area contributed by atoms with Crippen LogP contribution in [-0.2, 0) is 6.54 Å². The van der Waals surface area contributed by atoms with Crippen LogP contribution in [-0.4, -0.2) is 51.4 Å². The number of nitrogens with two attached hydrogens (primary N) is 1. The summed E-state index contributed by atoms with van der Waals surface area (Å²) in [7, 11) is 0. The van der Waals surface area contributed by atoms with Gasteiger partial charge in [-0.1, -0.05) is 0 Å². The third kappa shape index (κ3) is 4.52. The molecule has 0 aliphatic rings. The van der Waals surface area contributed by atoms with Crippen LogP contribution in [0.1, 0.15) is 12.2 Å². The van der Waals surface area contributed by atoms with E-state index in [4.69, 9.17) is 15.9 Å². The normalized spacial score (nSPS) is 10.9. The highest BCUT2D eigenvalue weighted by molar-refractivity contribution is 5.24. The highest BCUT2D eigenvalue weighted by Gasteiger charge is 2.07. The molecule has 1 aromatic rings. The summed E-state index contributed by atoms with van der Waals surface area (Å²) in [6, 6.07) is 1.63. The monoisotopic (exact) mass is 226 g/mol. The lowest BCUT2D eigenvalue weighted by atomic mass is 10.3. The molecule has 0 saturated heterocycles. The van der Waals surface area contributed by atoms with Gasteiger partial charge in [0.1, 0.15) is 11.6 Å². The molecule has 16 heavy (non-hydrogen) atoms. The van der Waals surface area contributed by atoms with Crippen LogP contribution < -0.4 is 5.73 Å². The summed E-state index contributed by atoms with van der Waals surface area (Å²) in [5, 5.41) is 17.7. The van der Waals surface area contributed by atoms with Gasteiger partial charge in [-0.3, -0.25) is 4.90 Å². The van der Waals surface area contributed by atoms with Gasteiger partial charge in [0, 0.05) is 25.9 Å². The number of anilines is 1. The predicted octanol–water partition coefficient (Wildman–Crippen LogP) is -0.765. The first-order valence-electron chi connectivity index (χ1n) is 5.27. The van der Waals surface area contributed by atoms with Gasteiger partial charge in [-0.05, 0) is 12.5 Å². The second-order valence-electron chi connectivity index (χ2n) is 3.47. The lowest BCUT2D eigenvalue weighted by Gasteiger charge is -2.19. The van der Waals surface area contributed by atoms with Crippen LogP contribution in [0.2, 0.25) is 0 Å². The number of hydrogen-bond donors (Lipinski definition) is 3. The minimum absolute atomic E-state index is 0.0771. The molecular formula is C10H18N4O2. The Morgan fingerprint density at radius 3 is 2.69 bits per heavy atom. The molecule has 1 aromatic heterocycles. The Labute approximate surface area is 94.7 Å². The number of hydrogen-bond acceptors (Lipinski definition) is 6. The van der Waals surface area contributed by atoms with Crippen molar-refractivity contribution in [1.82, 2.24) is 14.9 Å². The van der Waals surface area contributed by atoms with E-state index >= 15 is 0 Å². The maximum absolute atomic E-state index is 8.90. The SMILES string of the molecule is Nc1ccnc(CN(CCO)CCCO)n1. The van der Waals surface area contributed by atoms with Gasteiger partial charge in [-0.25, -0.2) is 9.97 Å². The van der Waals surface area contributed by atoms with Gasteiger partial charge in [0.2, 0.25) is 0 Å². The van der Waals surface area contributed by atoms with Crippen molar-refractivity contribution in [3.63, 3.8) is 0 Å². The minimum atomic E-state index is 0.0771. The lowest BCUT2D eigenvalue weighted by molar-refractivity contribution is 0.171. The van der Waals surface area contributed by atoms with Crippen molar-refractivity contribution < 1.29 is 10.2 Å². The lowest BCUT2D eigenvalue weighted by Crippen LogP contribution is -2.29. The van der Waals surface area contributed by atoms with Gasteiger partial charge in [-0.2, -0.15) is 0 Å². The molecule has 6 heteroatoms. The first kappa shape index (κ1) is 12.8. The van der Waals surface area contributed by atoms with E-state index in [1.807, 2.05) is 4.90 Å². The molecule has 0 fully saturated rings. The van der Waals surface area contributed by atoms with Crippen LogP contribution in [0.3, 0.4) is 0 Å². The smallest absolute Gasteiger partial charge is 0.144 e. The number of rotatable bonds is 7. The topological polar surface area (TPSA) is 95.5 Å². The van der Waals surface area contributed by atoms with Crippen molar-refractivity contribution in [3.8, 4) is 0 Å². The van der Waals surface area contributed by atoms with Gasteiger partial charge in [0.05, 0.1) is 13.2 Å². The fraction of sp³-hybridized carbons (Fsp3) is 0.600. The zero-order chi connectivity index (χ0) is 11.8. The molecule has 4 N–H and O–H groups in total. The predicted molar refractivity (Wildman–Crippen MR) is 60.5 cm³/mol. The van der Waals surface area contributed by atoms with E-state index in [1.165, 1.54) is 0 Å². The third-order valence-electron chi connectivity index (χ3n) is 2.14. The van der Waals surface area contributed by atoms with Crippen LogP contribution in [0, 0.1) is 0 Å². The van der Waals surface area contributed by atoms with E-state index < -0.39 is 0 Å². The first-order chi connectivity index (χ1) is 7.76. The van der Waals surface area contributed by atoms with Gasteiger partial charge in [-0.15, -0.1) is 0 Å². The van der Waals surface area contributed by atoms with Gasteiger partial charge >= 0.3 is 0 Å². The zero-order valence-corrected chi connectivity index (χ0v) is 9.21. The quantitative estimate of drug-likeness (QED) is 0.565. The molecule has 1 rings (SSSR count). The van der Waals surface area contributed by atoms with E-state index in [-0.39, 0.29) is 13.2 Å². The molecule has 0 atom stereocenters. The average molecular weight is 226 g/mol. The Hall–Kier alpha value is -1.24. The summed E-state index contributed by atoms with van der Waals surface area (Å²) in [4.78, 5) is 10.2. The van der Waals surface area contributed by atoms with E-state index in [0.717, 1.165) is 0 Å². The summed E-state index contributed by atoms with van der Waals surface area (Å²) in [5.74, 6) is 1.07. The Morgan fingerprint density at radius 2 is 2.06 bits per heavy atom. The molecule has 0 spiro atoms. The minimum Gasteiger partial charge on any atom is -0.396 e. The Bertz CT molecular complexity index is 309. The van der Waals surface area contributed by atoms with Crippen molar-refractivity contribution in [1.29, 1.82) is 0 Å². The molecule has 0 radical (unpaired) electrons. The molecule has 0 aliphatic heterocycles. The fourth-order valence-electron chi connectivity index (χ4n) is 1.40. The largest absolute Gasteiger partial charge is 0.396 e. The second-order valence-corrected chi connectivity index (χ2v) is 3.47. The van der Waals surface area contributed by atoms with Crippen molar-refractivity contribution in [2.45, 2.75) is 13.0 Å². The van der Waals surface area contributed by atoms with Crippen LogP contribution in [0.25, 0.3) is 0 Å². The summed E-state index contributed by atoms with van der Waals surface area (Å²) < 4.78 is 0. The maximum Gasteiger partial charge on any atom is 0.144 e. The highest BCUT2D eigenvalue weighted by Crippen LogP contribution is 2.02. The number of aliphatic hydroxyl groups is 2. The number of nitrogens with zero attached hydrogens (tertiary/aromatic N) is 3. The summed E-state index contributed by atoms with van der Waals surface area (Å²) in [5.41, 5.74) is 5.55. The molecule has 0 aliphatic carbocycles. The van der Waals surface area contributed by atoms with Crippen molar-refractivity contribution in [3.05, 3.63) is 18.1 Å². The third-order valence-corrected chi connectivity index (χ3v) is 2.14. The van der Waals surface area contributed by atoms with Crippen LogP contribution in [0.5, 0.6) is 0 Å². The molecular weight excluding hydrogens is 208 g/mol. The van der Waals surface area contributed by atoms with E-state index in [2.05, 4.69) is 9.97 Å². The van der Waals surface area contributed by atoms with Crippen LogP contribution >= 0.6 is 0 Å². The highest BCUT2D eigenvalue weighted by atomic mass is 16.3. The average Bonchev–Trinajstić information content (AvgIpc) is 2.26. The van der Waals surface area contributed by atoms with Crippen LogP contribution in [0.15, 0.2) is 12.3 Å². The first-order valence-corrected chi connectivity index (χ1v) is 5.27. The summed E-state index contributed by atoms with van der Waals surface area (Å²) in [6.45, 7) is 1.99. The van der Waals surface area contributed by atoms with E-state index in [1.54, 1.807) is 12.3 Å². The van der Waals surface area contributed by atoms with Gasteiger partial charge in [0.25, 0.3) is 0 Å². The number of aliphatic hydroxyl groups excluding tert-OH is 2. The van der Waals surface area contributed by atoms with E-state index in [0.29, 0.717) is 37.7 Å². The van der Waals surface area contributed by atoms with Crippen LogP contribution in [0.4, 0.5) is 5.82 Å². The van der Waals surface area contributed by atoms with Gasteiger partial charge < -0.3 is 15.9 Å². The molecule has 0 saturated carbocycles. The molecule has 6 nitrogen and oxygen atoms in total. The maximum atomic E-state index is 8.90. The number of aromatic nitrogens is 2. The Balaban J connectivity index is 2.52. The van der Waals surface area contributed by atoms with Crippen molar-refractivity contribution in [2.24, 2.45) is 0 Å². The fourth-order valence-corrected chi connectivity index (χ4v) is 1.40. The number of nitrogen functional groups attached to an aromatic ring is 1. The molecule has 0 unspecified atom stereocenters. The summed E-state index contributed by atoms with van der Waals surface area (Å²) in [6.07, 6.45) is 2.28. The van der Waals surface area contributed by atoms with Crippen molar-refractivity contribution >= 4 is 5.82 Å². The van der Waals surface area contributed by atoms with Gasteiger partial charge in [0.15, 0.2) is 0 Å². The Kier molecular flexibility index (Phi) is 5.69. The summed E-state index contributed by atoms with van der Waals surface area (Å²) >= 11 is 0. The molecule has 1 heterocycles. The van der Waals surface area contributed by atoms with Crippen molar-refractivity contribution in [2.75, 3.05) is 32.0 Å². The molecule has 90 valence electrons.